The van der Waals surface area contributed by atoms with Gasteiger partial charge in [0.1, 0.15) is 11.6 Å². The number of nitrogens with zero attached hydrogens (tertiary/aromatic N) is 4. The van der Waals surface area contributed by atoms with E-state index in [0.717, 1.165) is 37.2 Å². The Bertz CT molecular complexity index is 968. The van der Waals surface area contributed by atoms with E-state index < -0.39 is 0 Å². The van der Waals surface area contributed by atoms with Crippen molar-refractivity contribution in [2.75, 3.05) is 20.7 Å². The minimum atomic E-state index is 0. The van der Waals surface area contributed by atoms with Gasteiger partial charge in [-0.1, -0.05) is 36.4 Å². The molecule has 0 aliphatic rings. The summed E-state index contributed by atoms with van der Waals surface area (Å²) in [4.78, 5) is 10.9. The van der Waals surface area contributed by atoms with E-state index in [1.807, 2.05) is 52.5 Å². The van der Waals surface area contributed by atoms with E-state index in [-0.39, 0.29) is 24.0 Å². The lowest BCUT2D eigenvalue weighted by atomic mass is 10.1. The summed E-state index contributed by atoms with van der Waals surface area (Å²) in [5, 5.41) is 3.47. The molecule has 0 saturated heterocycles. The zero-order valence-electron chi connectivity index (χ0n) is 18.7. The van der Waals surface area contributed by atoms with Crippen molar-refractivity contribution < 1.29 is 4.74 Å². The van der Waals surface area contributed by atoms with Crippen molar-refractivity contribution >= 4 is 29.9 Å². The van der Waals surface area contributed by atoms with Crippen LogP contribution in [0.25, 0.3) is 0 Å². The van der Waals surface area contributed by atoms with E-state index in [1.165, 1.54) is 16.7 Å². The van der Waals surface area contributed by atoms with Crippen molar-refractivity contribution in [1.29, 1.82) is 0 Å². The number of aryl methyl sites for hydroxylation is 1. The van der Waals surface area contributed by atoms with Gasteiger partial charge in [0.2, 0.25) is 0 Å². The molecule has 1 aromatic heterocycles. The summed E-state index contributed by atoms with van der Waals surface area (Å²) in [6, 6.07) is 16.8. The van der Waals surface area contributed by atoms with Gasteiger partial charge in [0.05, 0.1) is 6.61 Å². The van der Waals surface area contributed by atoms with Gasteiger partial charge in [-0.15, -0.1) is 24.0 Å². The Kier molecular flexibility index (Phi) is 9.84. The van der Waals surface area contributed by atoms with Crippen LogP contribution in [0, 0.1) is 6.92 Å². The molecule has 31 heavy (non-hydrogen) atoms. The van der Waals surface area contributed by atoms with Gasteiger partial charge in [0.25, 0.3) is 0 Å². The zero-order valence-corrected chi connectivity index (χ0v) is 21.0. The molecule has 166 valence electrons. The molecule has 7 heteroatoms. The van der Waals surface area contributed by atoms with Gasteiger partial charge in [-0.2, -0.15) is 0 Å². The predicted octanol–water partition coefficient (Wildman–Crippen LogP) is 4.46. The number of imidazole rings is 1. The Morgan fingerprint density at radius 2 is 1.87 bits per heavy atom. The van der Waals surface area contributed by atoms with Crippen molar-refractivity contribution in [1.82, 2.24) is 19.8 Å². The first kappa shape index (κ1) is 24.7. The van der Waals surface area contributed by atoms with Crippen LogP contribution >= 0.6 is 24.0 Å². The topological polar surface area (TPSA) is 54.7 Å². The number of nitrogens with one attached hydrogen (secondary N) is 1. The number of ether oxygens (including phenoxy) is 1. The summed E-state index contributed by atoms with van der Waals surface area (Å²) in [7, 11) is 3.86. The van der Waals surface area contributed by atoms with Gasteiger partial charge in [-0.3, -0.25) is 4.99 Å². The standard InChI is InChI=1S/C24H31N5O.HI/c1-5-30-23-11-9-20(10-12-23)17-28(4)24(25-3)27-16-21-7-6-8-22(15-21)18-29-14-13-26-19(29)2;/h6-15H,5,16-18H2,1-4H3,(H,25,27);1H. The highest BCUT2D eigenvalue weighted by atomic mass is 127. The first-order chi connectivity index (χ1) is 14.6. The van der Waals surface area contributed by atoms with Crippen LogP contribution in [-0.4, -0.2) is 41.1 Å². The average molecular weight is 533 g/mol. The number of benzene rings is 2. The van der Waals surface area contributed by atoms with Gasteiger partial charge < -0.3 is 19.5 Å². The second kappa shape index (κ2) is 12.3. The number of hydrogen-bond acceptors (Lipinski definition) is 3. The number of aliphatic imine (C=N–C) groups is 1. The maximum absolute atomic E-state index is 5.52. The predicted molar refractivity (Wildman–Crippen MR) is 137 cm³/mol. The Balaban J connectivity index is 0.00000341. The molecule has 0 fully saturated rings. The highest BCUT2D eigenvalue weighted by Gasteiger charge is 2.08. The molecule has 0 bridgehead atoms. The second-order valence-corrected chi connectivity index (χ2v) is 7.26. The van der Waals surface area contributed by atoms with Crippen LogP contribution < -0.4 is 10.1 Å². The van der Waals surface area contributed by atoms with Gasteiger partial charge in [0.15, 0.2) is 5.96 Å². The smallest absolute Gasteiger partial charge is 0.193 e. The third-order valence-corrected chi connectivity index (χ3v) is 4.95. The second-order valence-electron chi connectivity index (χ2n) is 7.26. The Hall–Kier alpha value is -2.55. The van der Waals surface area contributed by atoms with E-state index >= 15 is 0 Å². The molecule has 0 amide bonds. The highest BCUT2D eigenvalue weighted by molar-refractivity contribution is 14.0. The molecular formula is C24H32IN5O. The van der Waals surface area contributed by atoms with Gasteiger partial charge in [0, 0.05) is 46.1 Å². The monoisotopic (exact) mass is 533 g/mol. The third kappa shape index (κ3) is 7.27. The van der Waals surface area contributed by atoms with Crippen LogP contribution in [0.4, 0.5) is 0 Å². The summed E-state index contributed by atoms with van der Waals surface area (Å²) in [6.07, 6.45) is 3.85. The maximum Gasteiger partial charge on any atom is 0.193 e. The number of aromatic nitrogens is 2. The van der Waals surface area contributed by atoms with E-state index in [2.05, 4.69) is 61.2 Å². The number of rotatable bonds is 8. The normalized spacial score (nSPS) is 11.0. The van der Waals surface area contributed by atoms with Crippen LogP contribution in [0.3, 0.4) is 0 Å². The first-order valence-corrected chi connectivity index (χ1v) is 10.3. The number of guanidine groups is 1. The molecule has 0 radical (unpaired) electrons. The minimum absolute atomic E-state index is 0. The van der Waals surface area contributed by atoms with Crippen LogP contribution in [0.15, 0.2) is 65.9 Å². The SMILES string of the molecule is CCOc1ccc(CN(C)C(=NC)NCc2cccc(Cn3ccnc3C)c2)cc1.I. The Labute approximate surface area is 202 Å². The van der Waals surface area contributed by atoms with Crippen molar-refractivity contribution in [2.24, 2.45) is 4.99 Å². The van der Waals surface area contributed by atoms with Crippen molar-refractivity contribution in [3.8, 4) is 5.75 Å². The molecule has 3 rings (SSSR count). The molecular weight excluding hydrogens is 501 g/mol. The molecule has 0 saturated carbocycles. The van der Waals surface area contributed by atoms with Crippen LogP contribution in [-0.2, 0) is 19.6 Å². The zero-order chi connectivity index (χ0) is 21.3. The Morgan fingerprint density at radius 1 is 1.13 bits per heavy atom. The largest absolute Gasteiger partial charge is 0.494 e. The minimum Gasteiger partial charge on any atom is -0.494 e. The van der Waals surface area contributed by atoms with Crippen molar-refractivity contribution in [3.05, 3.63) is 83.4 Å². The summed E-state index contributed by atoms with van der Waals surface area (Å²) < 4.78 is 7.67. The molecule has 0 atom stereocenters. The quantitative estimate of drug-likeness (QED) is 0.264. The van der Waals surface area contributed by atoms with E-state index in [0.29, 0.717) is 6.61 Å². The molecule has 0 aliphatic heterocycles. The fraction of sp³-hybridized carbons (Fsp3) is 0.333. The van der Waals surface area contributed by atoms with Gasteiger partial charge in [-0.25, -0.2) is 4.98 Å². The molecule has 0 aliphatic carbocycles. The van der Waals surface area contributed by atoms with Gasteiger partial charge >= 0.3 is 0 Å². The lowest BCUT2D eigenvalue weighted by Gasteiger charge is -2.22. The van der Waals surface area contributed by atoms with E-state index in [4.69, 9.17) is 4.74 Å². The lowest BCUT2D eigenvalue weighted by Crippen LogP contribution is -2.38. The molecule has 0 unspecified atom stereocenters. The maximum atomic E-state index is 5.52. The summed E-state index contributed by atoms with van der Waals surface area (Å²) in [5.41, 5.74) is 3.69. The fourth-order valence-corrected chi connectivity index (χ4v) is 3.38. The summed E-state index contributed by atoms with van der Waals surface area (Å²) in [6.45, 7) is 7.01. The number of halogens is 1. The van der Waals surface area contributed by atoms with Crippen molar-refractivity contribution in [2.45, 2.75) is 33.5 Å². The van der Waals surface area contributed by atoms with Crippen LogP contribution in [0.5, 0.6) is 5.75 Å². The Morgan fingerprint density at radius 3 is 2.52 bits per heavy atom. The van der Waals surface area contributed by atoms with E-state index in [9.17, 15) is 0 Å². The molecule has 0 spiro atoms. The average Bonchev–Trinajstić information content (AvgIpc) is 3.15. The first-order valence-electron chi connectivity index (χ1n) is 10.3. The molecule has 1 N–H and O–H groups in total. The molecule has 2 aromatic carbocycles. The lowest BCUT2D eigenvalue weighted by molar-refractivity contribution is 0.340. The van der Waals surface area contributed by atoms with Crippen LogP contribution in [0.2, 0.25) is 0 Å². The van der Waals surface area contributed by atoms with Crippen LogP contribution in [0.1, 0.15) is 29.4 Å². The highest BCUT2D eigenvalue weighted by Crippen LogP contribution is 2.13. The summed E-state index contributed by atoms with van der Waals surface area (Å²) in [5.74, 6) is 2.78. The summed E-state index contributed by atoms with van der Waals surface area (Å²) >= 11 is 0. The van der Waals surface area contributed by atoms with Gasteiger partial charge in [-0.05, 0) is 42.7 Å². The molecule has 1 heterocycles. The number of hydrogen-bond donors (Lipinski definition) is 1. The van der Waals surface area contributed by atoms with Crippen molar-refractivity contribution in [3.63, 3.8) is 0 Å². The van der Waals surface area contributed by atoms with E-state index in [1.54, 1.807) is 0 Å². The molecule has 6 nitrogen and oxygen atoms in total. The molecule has 3 aromatic rings. The fourth-order valence-electron chi connectivity index (χ4n) is 3.38. The third-order valence-electron chi connectivity index (χ3n) is 4.95.